The van der Waals surface area contributed by atoms with Crippen LogP contribution in [0.1, 0.15) is 23.2 Å². The van der Waals surface area contributed by atoms with Gasteiger partial charge < -0.3 is 9.15 Å². The third-order valence-corrected chi connectivity index (χ3v) is 5.62. The van der Waals surface area contributed by atoms with Gasteiger partial charge in [0.25, 0.3) is 0 Å². The summed E-state index contributed by atoms with van der Waals surface area (Å²) < 4.78 is 35.9. The lowest BCUT2D eigenvalue weighted by atomic mass is 10.1. The molecule has 25 heavy (non-hydrogen) atoms. The van der Waals surface area contributed by atoms with Gasteiger partial charge in [-0.3, -0.25) is 4.90 Å². The van der Waals surface area contributed by atoms with Gasteiger partial charge in [-0.25, -0.2) is 8.42 Å². The van der Waals surface area contributed by atoms with Crippen molar-refractivity contribution >= 4 is 10.0 Å². The molecule has 3 rings (SSSR count). The lowest BCUT2D eigenvalue weighted by Gasteiger charge is -2.32. The summed E-state index contributed by atoms with van der Waals surface area (Å²) in [5.74, 6) is 1.49. The van der Waals surface area contributed by atoms with Crippen LogP contribution in [0, 0.1) is 0 Å². The van der Waals surface area contributed by atoms with E-state index in [2.05, 4.69) is 17.0 Å². The molecule has 0 bridgehead atoms. The van der Waals surface area contributed by atoms with Gasteiger partial charge in [-0.15, -0.1) is 0 Å². The average molecular weight is 364 g/mol. The van der Waals surface area contributed by atoms with Crippen molar-refractivity contribution in [2.24, 2.45) is 0 Å². The number of hydrogen-bond acceptors (Lipinski definition) is 5. The van der Waals surface area contributed by atoms with Crippen molar-refractivity contribution in [3.05, 3.63) is 59.5 Å². The molecule has 0 N–H and O–H groups in total. The van der Waals surface area contributed by atoms with Gasteiger partial charge in [-0.1, -0.05) is 30.3 Å². The molecule has 1 saturated heterocycles. The minimum absolute atomic E-state index is 0.0701. The zero-order chi connectivity index (χ0) is 17.9. The van der Waals surface area contributed by atoms with Crippen LogP contribution in [-0.2, 0) is 27.8 Å². The zero-order valence-corrected chi connectivity index (χ0v) is 15.4. The van der Waals surface area contributed by atoms with Gasteiger partial charge in [0.2, 0.25) is 10.0 Å². The number of ether oxygens (including phenoxy) is 1. The molecule has 0 radical (unpaired) electrons. The molecule has 0 aliphatic carbocycles. The Kier molecular flexibility index (Phi) is 5.58. The average Bonchev–Trinajstić information content (AvgIpc) is 3.02. The molecule has 1 aliphatic rings. The molecule has 2 aromatic rings. The molecule has 2 heterocycles. The van der Waals surface area contributed by atoms with E-state index in [0.29, 0.717) is 18.9 Å². The molecule has 0 saturated carbocycles. The van der Waals surface area contributed by atoms with E-state index >= 15 is 0 Å². The van der Waals surface area contributed by atoms with E-state index in [4.69, 9.17) is 9.15 Å². The number of furan rings is 1. The maximum Gasteiger partial charge on any atom is 0.211 e. The van der Waals surface area contributed by atoms with E-state index in [-0.39, 0.29) is 12.6 Å². The Morgan fingerprint density at radius 2 is 1.88 bits per heavy atom. The second kappa shape index (κ2) is 7.70. The van der Waals surface area contributed by atoms with Gasteiger partial charge in [-0.2, -0.15) is 4.31 Å². The topological polar surface area (TPSA) is 63.0 Å². The lowest BCUT2D eigenvalue weighted by molar-refractivity contribution is -0.0347. The van der Waals surface area contributed by atoms with Gasteiger partial charge in [0, 0.05) is 20.1 Å². The molecule has 1 aliphatic heterocycles. The monoisotopic (exact) mass is 364 g/mol. The Morgan fingerprint density at radius 3 is 2.60 bits per heavy atom. The quantitative estimate of drug-likeness (QED) is 0.787. The van der Waals surface area contributed by atoms with Crippen molar-refractivity contribution in [1.29, 1.82) is 0 Å². The number of rotatable bonds is 6. The van der Waals surface area contributed by atoms with Crippen LogP contribution in [0.4, 0.5) is 0 Å². The van der Waals surface area contributed by atoms with Gasteiger partial charge in [0.15, 0.2) is 0 Å². The Hall–Kier alpha value is -1.67. The first kappa shape index (κ1) is 18.1. The van der Waals surface area contributed by atoms with Gasteiger partial charge in [0.05, 0.1) is 32.1 Å². The first-order chi connectivity index (χ1) is 11.9. The maximum atomic E-state index is 11.5. The van der Waals surface area contributed by atoms with E-state index in [1.165, 1.54) is 16.1 Å². The first-order valence-electron chi connectivity index (χ1n) is 8.29. The van der Waals surface area contributed by atoms with E-state index in [0.717, 1.165) is 18.8 Å². The Morgan fingerprint density at radius 1 is 1.16 bits per heavy atom. The summed E-state index contributed by atoms with van der Waals surface area (Å²) in [7, 11) is -1.66. The molecule has 0 unspecified atom stereocenters. The number of benzene rings is 1. The highest BCUT2D eigenvalue weighted by molar-refractivity contribution is 7.88. The SMILES string of the molecule is CN(Cc1ccc(CN2CCO[C@H](c3ccccc3)C2)o1)S(C)(=O)=O. The van der Waals surface area contributed by atoms with Gasteiger partial charge in [-0.05, 0) is 17.7 Å². The molecule has 136 valence electrons. The first-order valence-corrected chi connectivity index (χ1v) is 10.1. The van der Waals surface area contributed by atoms with Gasteiger partial charge in [0.1, 0.15) is 11.5 Å². The smallest absolute Gasteiger partial charge is 0.211 e. The minimum Gasteiger partial charge on any atom is -0.463 e. The van der Waals surface area contributed by atoms with Crippen LogP contribution >= 0.6 is 0 Å². The second-order valence-corrected chi connectivity index (χ2v) is 8.48. The summed E-state index contributed by atoms with van der Waals surface area (Å²) in [5.41, 5.74) is 1.18. The highest BCUT2D eigenvalue weighted by Gasteiger charge is 2.23. The molecular formula is C18H24N2O4S. The Bertz CT molecular complexity index is 788. The van der Waals surface area contributed by atoms with Crippen molar-refractivity contribution in [1.82, 2.24) is 9.21 Å². The molecule has 1 aromatic heterocycles. The summed E-state index contributed by atoms with van der Waals surface area (Å²) in [6, 6.07) is 14.0. The summed E-state index contributed by atoms with van der Waals surface area (Å²) in [6.07, 6.45) is 1.26. The Balaban J connectivity index is 1.59. The molecular weight excluding hydrogens is 340 g/mol. The zero-order valence-electron chi connectivity index (χ0n) is 14.6. The fourth-order valence-corrected chi connectivity index (χ4v) is 3.23. The highest BCUT2D eigenvalue weighted by atomic mass is 32.2. The van der Waals surface area contributed by atoms with Crippen molar-refractivity contribution in [3.63, 3.8) is 0 Å². The second-order valence-electron chi connectivity index (χ2n) is 6.39. The summed E-state index contributed by atoms with van der Waals surface area (Å²) >= 11 is 0. The predicted molar refractivity (Wildman–Crippen MR) is 95.4 cm³/mol. The van der Waals surface area contributed by atoms with E-state index < -0.39 is 10.0 Å². The molecule has 7 heteroatoms. The summed E-state index contributed by atoms with van der Waals surface area (Å²) in [4.78, 5) is 2.30. The molecule has 1 fully saturated rings. The number of morpholine rings is 1. The van der Waals surface area contributed by atoms with Crippen LogP contribution < -0.4 is 0 Å². The highest BCUT2D eigenvalue weighted by Crippen LogP contribution is 2.23. The summed E-state index contributed by atoms with van der Waals surface area (Å²) in [5, 5.41) is 0. The van der Waals surface area contributed by atoms with Gasteiger partial charge >= 0.3 is 0 Å². The number of sulfonamides is 1. The standard InChI is InChI=1S/C18H24N2O4S/c1-19(25(2,21)22)12-16-8-9-17(24-16)13-20-10-11-23-18(14-20)15-6-4-3-5-7-15/h3-9,18H,10-14H2,1-2H3/t18-/m0/s1. The minimum atomic E-state index is -3.21. The molecule has 1 aromatic carbocycles. The van der Waals surface area contributed by atoms with Crippen LogP contribution in [0.2, 0.25) is 0 Å². The third-order valence-electron chi connectivity index (χ3n) is 4.36. The fourth-order valence-electron chi connectivity index (χ4n) is 2.86. The number of hydrogen-bond donors (Lipinski definition) is 0. The van der Waals surface area contributed by atoms with Crippen molar-refractivity contribution in [3.8, 4) is 0 Å². The van der Waals surface area contributed by atoms with Crippen LogP contribution in [0.3, 0.4) is 0 Å². The van der Waals surface area contributed by atoms with Crippen molar-refractivity contribution < 1.29 is 17.6 Å². The Labute approximate surface area is 149 Å². The molecule has 6 nitrogen and oxygen atoms in total. The van der Waals surface area contributed by atoms with E-state index in [1.54, 1.807) is 7.05 Å². The maximum absolute atomic E-state index is 11.5. The molecule has 1 atom stereocenters. The van der Waals surface area contributed by atoms with Crippen molar-refractivity contribution in [2.45, 2.75) is 19.2 Å². The van der Waals surface area contributed by atoms with E-state index in [1.807, 2.05) is 30.3 Å². The van der Waals surface area contributed by atoms with Crippen LogP contribution in [0.25, 0.3) is 0 Å². The third kappa shape index (κ3) is 4.92. The fraction of sp³-hybridized carbons (Fsp3) is 0.444. The van der Waals surface area contributed by atoms with E-state index in [9.17, 15) is 8.42 Å². The van der Waals surface area contributed by atoms with Crippen LogP contribution in [-0.4, -0.2) is 50.6 Å². The molecule has 0 spiro atoms. The predicted octanol–water partition coefficient (Wildman–Crippen LogP) is 2.24. The normalized spacial score (nSPS) is 19.4. The lowest BCUT2D eigenvalue weighted by Crippen LogP contribution is -2.37. The summed E-state index contributed by atoms with van der Waals surface area (Å²) in [6.45, 7) is 3.28. The van der Waals surface area contributed by atoms with Crippen LogP contribution in [0.5, 0.6) is 0 Å². The number of nitrogens with zero attached hydrogens (tertiary/aromatic N) is 2. The largest absolute Gasteiger partial charge is 0.463 e. The molecule has 0 amide bonds. The van der Waals surface area contributed by atoms with Crippen LogP contribution in [0.15, 0.2) is 46.9 Å². The van der Waals surface area contributed by atoms with Crippen molar-refractivity contribution in [2.75, 3.05) is 33.0 Å².